The molecule has 7 unspecified atom stereocenters. The first-order chi connectivity index (χ1) is 11.9. The summed E-state index contributed by atoms with van der Waals surface area (Å²) in [4.78, 5) is 38.8. The molecule has 0 aromatic carbocycles. The van der Waals surface area contributed by atoms with Crippen LogP contribution in [-0.2, 0) is 19.1 Å². The normalized spacial score (nSPS) is 45.3. The third-order valence-corrected chi connectivity index (χ3v) is 6.97. The van der Waals surface area contributed by atoms with Crippen molar-refractivity contribution in [1.29, 1.82) is 0 Å². The molecule has 26 heavy (non-hydrogen) atoms. The number of allylic oxidation sites excluding steroid dienone is 1. The van der Waals surface area contributed by atoms with Crippen LogP contribution in [0.15, 0.2) is 11.6 Å². The highest BCUT2D eigenvalue weighted by atomic mass is 16.5. The third-order valence-electron chi connectivity index (χ3n) is 6.97. The molecule has 2 bridgehead atoms. The van der Waals surface area contributed by atoms with Gasteiger partial charge in [0.25, 0.3) is 0 Å². The van der Waals surface area contributed by atoms with Gasteiger partial charge < -0.3 is 9.84 Å². The highest BCUT2D eigenvalue weighted by molar-refractivity contribution is 5.99. The molecule has 0 amide bonds. The van der Waals surface area contributed by atoms with Crippen LogP contribution >= 0.6 is 0 Å². The maximum Gasteiger partial charge on any atom is 0.171 e. The van der Waals surface area contributed by atoms with Crippen LogP contribution in [0.1, 0.15) is 54.4 Å². The van der Waals surface area contributed by atoms with Crippen molar-refractivity contribution in [3.63, 3.8) is 0 Å². The average molecular weight is 362 g/mol. The van der Waals surface area contributed by atoms with Crippen molar-refractivity contribution in [3.05, 3.63) is 11.6 Å². The maximum absolute atomic E-state index is 13.1. The fraction of sp³-hybridized carbons (Fsp3) is 0.762. The third kappa shape index (κ3) is 2.55. The van der Waals surface area contributed by atoms with E-state index in [4.69, 9.17) is 4.74 Å². The van der Waals surface area contributed by atoms with Crippen LogP contribution in [0.4, 0.5) is 0 Å². The Morgan fingerprint density at radius 3 is 2.42 bits per heavy atom. The average Bonchev–Trinajstić information content (AvgIpc) is 2.69. The Morgan fingerprint density at radius 2 is 1.85 bits per heavy atom. The van der Waals surface area contributed by atoms with E-state index in [9.17, 15) is 19.5 Å². The first kappa shape index (κ1) is 19.4. The van der Waals surface area contributed by atoms with Crippen LogP contribution in [0.25, 0.3) is 0 Å². The molecule has 0 spiro atoms. The van der Waals surface area contributed by atoms with Crippen molar-refractivity contribution >= 4 is 17.3 Å². The topological polar surface area (TPSA) is 80.7 Å². The molecule has 7 atom stereocenters. The Labute approximate surface area is 155 Å². The van der Waals surface area contributed by atoms with E-state index >= 15 is 0 Å². The summed E-state index contributed by atoms with van der Waals surface area (Å²) in [6.45, 7) is 10.8. The molecule has 3 rings (SSSR count). The van der Waals surface area contributed by atoms with E-state index in [1.165, 1.54) is 6.92 Å². The van der Waals surface area contributed by atoms with Gasteiger partial charge >= 0.3 is 0 Å². The van der Waals surface area contributed by atoms with Crippen LogP contribution in [-0.4, -0.2) is 39.8 Å². The smallest absolute Gasteiger partial charge is 0.171 e. The van der Waals surface area contributed by atoms with Gasteiger partial charge in [-0.1, -0.05) is 19.9 Å². The number of aliphatic hydroxyl groups is 1. The second-order valence-corrected chi connectivity index (χ2v) is 9.03. The van der Waals surface area contributed by atoms with Gasteiger partial charge in [-0.25, -0.2) is 0 Å². The van der Waals surface area contributed by atoms with Gasteiger partial charge in [-0.3, -0.25) is 14.4 Å². The summed E-state index contributed by atoms with van der Waals surface area (Å²) in [6, 6.07) is 0. The van der Waals surface area contributed by atoms with Crippen LogP contribution < -0.4 is 0 Å². The highest BCUT2D eigenvalue weighted by Gasteiger charge is 2.63. The first-order valence-electron chi connectivity index (χ1n) is 9.61. The molecule has 1 N–H and O–H groups in total. The fourth-order valence-electron chi connectivity index (χ4n) is 5.74. The lowest BCUT2D eigenvalue weighted by Crippen LogP contribution is -2.52. The molecular formula is C21H30O5. The largest absolute Gasteiger partial charge is 0.377 e. The highest BCUT2D eigenvalue weighted by Crippen LogP contribution is 2.54. The van der Waals surface area contributed by atoms with Gasteiger partial charge in [-0.05, 0) is 39.7 Å². The van der Waals surface area contributed by atoms with Crippen LogP contribution in [0.3, 0.4) is 0 Å². The second kappa shape index (κ2) is 6.10. The summed E-state index contributed by atoms with van der Waals surface area (Å²) in [5.41, 5.74) is -1.94. The van der Waals surface area contributed by atoms with Crippen molar-refractivity contribution in [3.8, 4) is 0 Å². The van der Waals surface area contributed by atoms with Crippen LogP contribution in [0.2, 0.25) is 0 Å². The Morgan fingerprint density at radius 1 is 1.23 bits per heavy atom. The Hall–Kier alpha value is -1.33. The van der Waals surface area contributed by atoms with Gasteiger partial charge in [0.2, 0.25) is 0 Å². The molecule has 2 aliphatic carbocycles. The van der Waals surface area contributed by atoms with Gasteiger partial charge in [-0.15, -0.1) is 0 Å². The Balaban J connectivity index is 2.31. The van der Waals surface area contributed by atoms with Crippen molar-refractivity contribution in [2.24, 2.45) is 29.6 Å². The molecule has 5 heteroatoms. The number of hydrogen-bond acceptors (Lipinski definition) is 5. The maximum atomic E-state index is 13.1. The zero-order valence-corrected chi connectivity index (χ0v) is 16.5. The summed E-state index contributed by atoms with van der Waals surface area (Å²) in [5, 5.41) is 11.7. The first-order valence-corrected chi connectivity index (χ1v) is 9.61. The number of ketones is 3. The second-order valence-electron chi connectivity index (χ2n) is 9.03. The summed E-state index contributed by atoms with van der Waals surface area (Å²) in [5.74, 6) is -2.98. The molecule has 2 fully saturated rings. The molecule has 5 nitrogen and oxygen atoms in total. The summed E-state index contributed by atoms with van der Waals surface area (Å²) < 4.78 is 6.27. The van der Waals surface area contributed by atoms with Crippen LogP contribution in [0, 0.1) is 29.6 Å². The zero-order valence-electron chi connectivity index (χ0n) is 16.5. The lowest BCUT2D eigenvalue weighted by atomic mass is 9.65. The minimum atomic E-state index is -1.68. The number of rotatable bonds is 1. The summed E-state index contributed by atoms with van der Waals surface area (Å²) in [6.07, 6.45) is 2.01. The lowest BCUT2D eigenvalue weighted by Gasteiger charge is -2.41. The fourth-order valence-corrected chi connectivity index (χ4v) is 5.74. The van der Waals surface area contributed by atoms with E-state index in [1.54, 1.807) is 13.0 Å². The summed E-state index contributed by atoms with van der Waals surface area (Å²) >= 11 is 0. The van der Waals surface area contributed by atoms with E-state index < -0.39 is 29.0 Å². The van der Waals surface area contributed by atoms with Gasteiger partial charge in [0.1, 0.15) is 17.2 Å². The molecule has 1 aliphatic heterocycles. The standard InChI is InChI=1S/C21H30O5/c1-10-9-15-17-16(23)8-7-14(21(15,25)19(10)24)11(2)13(4)26-20(5,6)18(17)12(3)22/h7,10-11,13,15,17-18,25H,8-9H2,1-6H3. The van der Waals surface area contributed by atoms with E-state index in [1.807, 2.05) is 27.7 Å². The minimum Gasteiger partial charge on any atom is -0.377 e. The van der Waals surface area contributed by atoms with E-state index in [0.29, 0.717) is 12.0 Å². The summed E-state index contributed by atoms with van der Waals surface area (Å²) in [7, 11) is 0. The van der Waals surface area contributed by atoms with E-state index in [0.717, 1.165) is 0 Å². The molecule has 1 saturated carbocycles. The molecule has 1 saturated heterocycles. The van der Waals surface area contributed by atoms with Gasteiger partial charge in [0.05, 0.1) is 17.6 Å². The minimum absolute atomic E-state index is 0.0797. The molecular weight excluding hydrogens is 332 g/mol. The number of Topliss-reactive ketones (excluding diaryl/α,β-unsaturated/α-hetero) is 3. The van der Waals surface area contributed by atoms with E-state index in [2.05, 4.69) is 0 Å². The number of carbonyl (C=O) groups is 3. The molecule has 1 heterocycles. The predicted octanol–water partition coefficient (Wildman–Crippen LogP) is 2.50. The van der Waals surface area contributed by atoms with Crippen molar-refractivity contribution in [1.82, 2.24) is 0 Å². The quantitative estimate of drug-likeness (QED) is 0.725. The Bertz CT molecular complexity index is 691. The monoisotopic (exact) mass is 362 g/mol. The Kier molecular flexibility index (Phi) is 4.56. The lowest BCUT2D eigenvalue weighted by molar-refractivity contribution is -0.159. The number of carbonyl (C=O) groups excluding carboxylic acids is 3. The van der Waals surface area contributed by atoms with Crippen molar-refractivity contribution < 1.29 is 24.2 Å². The molecule has 0 aromatic rings. The predicted molar refractivity (Wildman–Crippen MR) is 96.4 cm³/mol. The SMILES string of the molecule is CC(=O)C1C2C(=O)CC=C(C(C)C(C)OC1(C)C)C1(O)C(=O)C(C)CC21. The zero-order chi connectivity index (χ0) is 19.6. The van der Waals surface area contributed by atoms with Crippen molar-refractivity contribution in [2.45, 2.75) is 71.7 Å². The molecule has 3 aliphatic rings. The molecule has 0 aromatic heterocycles. The van der Waals surface area contributed by atoms with Gasteiger partial charge in [0.15, 0.2) is 5.78 Å². The molecule has 144 valence electrons. The van der Waals surface area contributed by atoms with Crippen molar-refractivity contribution in [2.75, 3.05) is 0 Å². The van der Waals surface area contributed by atoms with Gasteiger partial charge in [-0.2, -0.15) is 0 Å². The van der Waals surface area contributed by atoms with Crippen LogP contribution in [0.5, 0.6) is 0 Å². The molecule has 0 radical (unpaired) electrons. The number of ether oxygens (including phenoxy) is 1. The van der Waals surface area contributed by atoms with Gasteiger partial charge in [0, 0.05) is 30.1 Å². The number of hydrogen-bond donors (Lipinski definition) is 1. The van der Waals surface area contributed by atoms with E-state index in [-0.39, 0.29) is 41.7 Å².